The highest BCUT2D eigenvalue weighted by molar-refractivity contribution is 6.30. The van der Waals surface area contributed by atoms with Gasteiger partial charge in [-0.25, -0.2) is 4.39 Å². The number of hydrogen-bond donors (Lipinski definition) is 1. The van der Waals surface area contributed by atoms with E-state index in [9.17, 15) is 4.39 Å². The normalized spacial score (nSPS) is 10.5. The maximum absolute atomic E-state index is 13.6. The Morgan fingerprint density at radius 3 is 2.67 bits per heavy atom. The number of benzene rings is 2. The minimum Gasteiger partial charge on any atom is -0.493 e. The van der Waals surface area contributed by atoms with Gasteiger partial charge in [0.05, 0.1) is 7.11 Å². The average Bonchev–Trinajstić information content (AvgIpc) is 2.49. The van der Waals surface area contributed by atoms with Crippen molar-refractivity contribution in [3.05, 3.63) is 58.4 Å². The van der Waals surface area contributed by atoms with Crippen LogP contribution in [0.15, 0.2) is 36.4 Å². The van der Waals surface area contributed by atoms with E-state index in [0.29, 0.717) is 28.6 Å². The van der Waals surface area contributed by atoms with Gasteiger partial charge >= 0.3 is 0 Å². The third-order valence-corrected chi connectivity index (χ3v) is 3.29. The predicted octanol–water partition coefficient (Wildman–Crippen LogP) is 3.57. The van der Waals surface area contributed by atoms with Gasteiger partial charge in [-0.1, -0.05) is 17.7 Å². The van der Waals surface area contributed by atoms with Crippen molar-refractivity contribution in [3.63, 3.8) is 0 Å². The van der Waals surface area contributed by atoms with Gasteiger partial charge in [0.15, 0.2) is 11.5 Å². The quantitative estimate of drug-likeness (QED) is 0.887. The first-order valence-electron chi connectivity index (χ1n) is 6.57. The van der Waals surface area contributed by atoms with E-state index in [0.717, 1.165) is 12.0 Å². The molecule has 2 aromatic rings. The maximum atomic E-state index is 13.6. The van der Waals surface area contributed by atoms with Crippen LogP contribution in [0.1, 0.15) is 11.1 Å². The molecule has 0 heterocycles. The van der Waals surface area contributed by atoms with Gasteiger partial charge in [0.1, 0.15) is 12.4 Å². The van der Waals surface area contributed by atoms with Crippen molar-refractivity contribution in [1.29, 1.82) is 0 Å². The Morgan fingerprint density at radius 1 is 1.14 bits per heavy atom. The molecule has 5 heteroatoms. The second kappa shape index (κ2) is 7.29. The van der Waals surface area contributed by atoms with Crippen LogP contribution in [0, 0.1) is 5.82 Å². The summed E-state index contributed by atoms with van der Waals surface area (Å²) >= 11 is 5.85. The molecule has 0 spiro atoms. The van der Waals surface area contributed by atoms with Crippen molar-refractivity contribution in [3.8, 4) is 11.5 Å². The van der Waals surface area contributed by atoms with Gasteiger partial charge in [-0.05, 0) is 48.9 Å². The molecule has 0 atom stereocenters. The molecule has 0 aliphatic rings. The number of ether oxygens (including phenoxy) is 2. The largest absolute Gasteiger partial charge is 0.493 e. The minimum atomic E-state index is -0.349. The molecule has 2 rings (SSSR count). The molecule has 0 aliphatic heterocycles. The van der Waals surface area contributed by atoms with E-state index in [1.807, 2.05) is 12.1 Å². The van der Waals surface area contributed by atoms with Crippen molar-refractivity contribution in [2.45, 2.75) is 13.0 Å². The molecule has 0 fully saturated rings. The number of methoxy groups -OCH3 is 1. The van der Waals surface area contributed by atoms with Crippen molar-refractivity contribution >= 4 is 11.6 Å². The maximum Gasteiger partial charge on any atom is 0.161 e. The Hall–Kier alpha value is -1.78. The lowest BCUT2D eigenvalue weighted by molar-refractivity contribution is 0.279. The van der Waals surface area contributed by atoms with E-state index in [1.54, 1.807) is 19.2 Å². The van der Waals surface area contributed by atoms with Gasteiger partial charge in [0.2, 0.25) is 0 Å². The Morgan fingerprint density at radius 2 is 1.95 bits per heavy atom. The van der Waals surface area contributed by atoms with E-state index in [4.69, 9.17) is 26.8 Å². The SMILES string of the molecule is COc1cc(CCN)ccc1OCc1cc(Cl)ccc1F. The first kappa shape index (κ1) is 15.6. The van der Waals surface area contributed by atoms with E-state index in [-0.39, 0.29) is 12.4 Å². The van der Waals surface area contributed by atoms with Gasteiger partial charge in [0.25, 0.3) is 0 Å². The van der Waals surface area contributed by atoms with Crippen molar-refractivity contribution in [1.82, 2.24) is 0 Å². The first-order chi connectivity index (χ1) is 10.1. The van der Waals surface area contributed by atoms with Gasteiger partial charge < -0.3 is 15.2 Å². The second-order valence-corrected chi connectivity index (χ2v) is 4.98. The molecule has 2 aromatic carbocycles. The van der Waals surface area contributed by atoms with E-state index in [2.05, 4.69) is 0 Å². The third-order valence-electron chi connectivity index (χ3n) is 3.05. The molecule has 0 saturated heterocycles. The minimum absolute atomic E-state index is 0.0823. The summed E-state index contributed by atoms with van der Waals surface area (Å²) in [5.41, 5.74) is 6.99. The fourth-order valence-electron chi connectivity index (χ4n) is 1.96. The molecular weight excluding hydrogens is 293 g/mol. The molecule has 112 valence electrons. The summed E-state index contributed by atoms with van der Waals surface area (Å²) in [6, 6.07) is 9.96. The van der Waals surface area contributed by atoms with Gasteiger partial charge in [-0.3, -0.25) is 0 Å². The Bertz CT molecular complexity index is 619. The average molecular weight is 310 g/mol. The highest BCUT2D eigenvalue weighted by atomic mass is 35.5. The van der Waals surface area contributed by atoms with E-state index < -0.39 is 0 Å². The summed E-state index contributed by atoms with van der Waals surface area (Å²) in [7, 11) is 1.56. The van der Waals surface area contributed by atoms with E-state index in [1.165, 1.54) is 12.1 Å². The van der Waals surface area contributed by atoms with Gasteiger partial charge in [-0.2, -0.15) is 0 Å². The molecular formula is C16H17ClFNO2. The Kier molecular flexibility index (Phi) is 5.42. The Balaban J connectivity index is 2.14. The van der Waals surface area contributed by atoms with Crippen LogP contribution in [-0.2, 0) is 13.0 Å². The summed E-state index contributed by atoms with van der Waals surface area (Å²) < 4.78 is 24.6. The number of rotatable bonds is 6. The fourth-order valence-corrected chi connectivity index (χ4v) is 2.16. The highest BCUT2D eigenvalue weighted by Gasteiger charge is 2.08. The van der Waals surface area contributed by atoms with Crippen LogP contribution < -0.4 is 15.2 Å². The highest BCUT2D eigenvalue weighted by Crippen LogP contribution is 2.29. The summed E-state index contributed by atoms with van der Waals surface area (Å²) in [6.07, 6.45) is 0.763. The molecule has 21 heavy (non-hydrogen) atoms. The van der Waals surface area contributed by atoms with Crippen LogP contribution in [-0.4, -0.2) is 13.7 Å². The summed E-state index contributed by atoms with van der Waals surface area (Å²) in [5, 5.41) is 0.472. The lowest BCUT2D eigenvalue weighted by atomic mass is 10.1. The third kappa shape index (κ3) is 4.09. The van der Waals surface area contributed by atoms with Gasteiger partial charge in [0, 0.05) is 10.6 Å². The zero-order valence-corrected chi connectivity index (χ0v) is 12.5. The summed E-state index contributed by atoms with van der Waals surface area (Å²) in [6.45, 7) is 0.649. The molecule has 2 N–H and O–H groups in total. The van der Waals surface area contributed by atoms with Crippen LogP contribution in [0.2, 0.25) is 5.02 Å². The number of nitrogens with two attached hydrogens (primary N) is 1. The van der Waals surface area contributed by atoms with Crippen molar-refractivity contribution < 1.29 is 13.9 Å². The fraction of sp³-hybridized carbons (Fsp3) is 0.250. The summed E-state index contributed by atoms with van der Waals surface area (Å²) in [5.74, 6) is 0.805. The van der Waals surface area contributed by atoms with E-state index >= 15 is 0 Å². The summed E-state index contributed by atoms with van der Waals surface area (Å²) in [4.78, 5) is 0. The predicted molar refractivity (Wildman–Crippen MR) is 81.5 cm³/mol. The molecule has 0 unspecified atom stereocenters. The van der Waals surface area contributed by atoms with Crippen LogP contribution >= 0.6 is 11.6 Å². The van der Waals surface area contributed by atoms with Crippen LogP contribution in [0.3, 0.4) is 0 Å². The van der Waals surface area contributed by atoms with Crippen LogP contribution in [0.25, 0.3) is 0 Å². The molecule has 0 radical (unpaired) electrons. The topological polar surface area (TPSA) is 44.5 Å². The first-order valence-corrected chi connectivity index (χ1v) is 6.95. The number of hydrogen-bond acceptors (Lipinski definition) is 3. The molecule has 0 saturated carbocycles. The lowest BCUT2D eigenvalue weighted by Gasteiger charge is -2.12. The Labute approximate surface area is 128 Å². The van der Waals surface area contributed by atoms with Crippen LogP contribution in [0.5, 0.6) is 11.5 Å². The molecule has 0 bridgehead atoms. The molecule has 0 aliphatic carbocycles. The van der Waals surface area contributed by atoms with Gasteiger partial charge in [-0.15, -0.1) is 0 Å². The standard InChI is InChI=1S/C16H17ClFNO2/c1-20-16-8-11(6-7-19)2-5-15(16)21-10-12-9-13(17)3-4-14(12)18/h2-5,8-9H,6-7,10,19H2,1H3. The zero-order valence-electron chi connectivity index (χ0n) is 11.7. The lowest BCUT2D eigenvalue weighted by Crippen LogP contribution is -2.04. The van der Waals surface area contributed by atoms with Crippen molar-refractivity contribution in [2.75, 3.05) is 13.7 Å². The number of halogens is 2. The molecule has 0 amide bonds. The molecule has 3 nitrogen and oxygen atoms in total. The van der Waals surface area contributed by atoms with Crippen molar-refractivity contribution in [2.24, 2.45) is 5.73 Å². The molecule has 0 aromatic heterocycles. The monoisotopic (exact) mass is 309 g/mol. The zero-order chi connectivity index (χ0) is 15.2. The van der Waals surface area contributed by atoms with Crippen LogP contribution in [0.4, 0.5) is 4.39 Å². The smallest absolute Gasteiger partial charge is 0.161 e. The second-order valence-electron chi connectivity index (χ2n) is 4.55.